The van der Waals surface area contributed by atoms with Crippen LogP contribution in [0.3, 0.4) is 0 Å². The smallest absolute Gasteiger partial charge is 0.270 e. The van der Waals surface area contributed by atoms with E-state index in [-0.39, 0.29) is 17.3 Å². The Kier molecular flexibility index (Phi) is 7.68. The van der Waals surface area contributed by atoms with Crippen molar-refractivity contribution in [2.75, 3.05) is 18.0 Å². The second-order valence-corrected chi connectivity index (χ2v) is 11.4. The van der Waals surface area contributed by atoms with Crippen LogP contribution in [0.15, 0.2) is 55.1 Å². The van der Waals surface area contributed by atoms with Crippen molar-refractivity contribution in [1.82, 2.24) is 24.9 Å². The number of aromatic nitrogens is 4. The summed E-state index contributed by atoms with van der Waals surface area (Å²) >= 11 is 6.00. The Hall–Kier alpha value is -4.44. The fourth-order valence-electron chi connectivity index (χ4n) is 4.90. The van der Waals surface area contributed by atoms with Gasteiger partial charge in [-0.3, -0.25) is 9.78 Å². The number of anilines is 1. The first-order valence-corrected chi connectivity index (χ1v) is 13.9. The normalized spacial score (nSPS) is 14.7. The van der Waals surface area contributed by atoms with Gasteiger partial charge < -0.3 is 16.0 Å². The molecule has 0 unspecified atom stereocenters. The number of hydrogen-bond acceptors (Lipinski definition) is 7. The lowest BCUT2D eigenvalue weighted by atomic mass is 9.89. The second-order valence-electron chi connectivity index (χ2n) is 11.1. The van der Waals surface area contributed by atoms with Gasteiger partial charge in [-0.25, -0.2) is 9.50 Å². The summed E-state index contributed by atoms with van der Waals surface area (Å²) in [6, 6.07) is 11.8. The Balaban J connectivity index is 1.34. The predicted octanol–water partition coefficient (Wildman–Crippen LogP) is 4.28. The number of nitrogens with two attached hydrogens (primary N) is 1. The van der Waals surface area contributed by atoms with Crippen LogP contribution in [0.5, 0.6) is 0 Å². The first kappa shape index (κ1) is 28.1. The molecule has 0 saturated carbocycles. The zero-order valence-electron chi connectivity index (χ0n) is 23.3. The number of hydrogen-bond donors (Lipinski definition) is 2. The average molecular weight is 567 g/mol. The van der Waals surface area contributed by atoms with Crippen molar-refractivity contribution in [3.05, 3.63) is 77.5 Å². The average Bonchev–Trinajstić information content (AvgIpc) is 3.39. The highest BCUT2D eigenvalue weighted by molar-refractivity contribution is 6.17. The molecule has 5 rings (SSSR count). The number of nitrogens with zero attached hydrogens (tertiary/aromatic N) is 6. The number of halogens is 1. The molecule has 0 bridgehead atoms. The Labute approximate surface area is 244 Å². The summed E-state index contributed by atoms with van der Waals surface area (Å²) in [5.74, 6) is 7.06. The van der Waals surface area contributed by atoms with E-state index in [0.717, 1.165) is 48.4 Å². The largest absolute Gasteiger partial charge is 0.356 e. The minimum absolute atomic E-state index is 0.204. The van der Waals surface area contributed by atoms with Crippen molar-refractivity contribution in [2.45, 2.75) is 50.6 Å². The van der Waals surface area contributed by atoms with E-state index < -0.39 is 5.54 Å². The molecule has 41 heavy (non-hydrogen) atoms. The lowest BCUT2D eigenvalue weighted by Crippen LogP contribution is -2.53. The number of carbonyl (C=O) groups is 1. The number of amides is 1. The Morgan fingerprint density at radius 1 is 1.22 bits per heavy atom. The fourth-order valence-corrected chi connectivity index (χ4v) is 5.11. The van der Waals surface area contributed by atoms with E-state index in [1.54, 1.807) is 29.2 Å². The summed E-state index contributed by atoms with van der Waals surface area (Å²) in [7, 11) is 0. The van der Waals surface area contributed by atoms with Crippen LogP contribution in [-0.4, -0.2) is 49.7 Å². The number of alkyl halides is 1. The highest BCUT2D eigenvalue weighted by atomic mass is 35.5. The van der Waals surface area contributed by atoms with Crippen molar-refractivity contribution < 1.29 is 4.79 Å². The quantitative estimate of drug-likeness (QED) is 0.273. The lowest BCUT2D eigenvalue weighted by molar-refractivity contribution is 0.0885. The van der Waals surface area contributed by atoms with Gasteiger partial charge >= 0.3 is 0 Å². The van der Waals surface area contributed by atoms with Gasteiger partial charge in [0.05, 0.1) is 22.8 Å². The monoisotopic (exact) mass is 566 g/mol. The van der Waals surface area contributed by atoms with E-state index in [0.29, 0.717) is 22.3 Å². The fraction of sp³-hybridized carbons (Fsp3) is 0.323. The molecule has 1 saturated heterocycles. The molecule has 0 atom stereocenters. The van der Waals surface area contributed by atoms with Gasteiger partial charge in [-0.1, -0.05) is 17.9 Å². The third-order valence-corrected chi connectivity index (χ3v) is 7.46. The molecular formula is C31H31ClN8O. The van der Waals surface area contributed by atoms with Crippen LogP contribution in [0.1, 0.15) is 60.8 Å². The molecule has 0 aromatic carbocycles. The van der Waals surface area contributed by atoms with E-state index >= 15 is 0 Å². The minimum atomic E-state index is -0.640. The van der Waals surface area contributed by atoms with Crippen molar-refractivity contribution in [3.63, 3.8) is 0 Å². The maximum Gasteiger partial charge on any atom is 0.270 e. The molecule has 9 nitrogen and oxygen atoms in total. The minimum Gasteiger partial charge on any atom is -0.356 e. The zero-order valence-corrected chi connectivity index (χ0v) is 24.0. The summed E-state index contributed by atoms with van der Waals surface area (Å²) in [5, 5.41) is 17.2. The van der Waals surface area contributed by atoms with Gasteiger partial charge in [-0.2, -0.15) is 10.4 Å². The van der Waals surface area contributed by atoms with Gasteiger partial charge in [0.2, 0.25) is 0 Å². The van der Waals surface area contributed by atoms with Gasteiger partial charge in [-0.15, -0.1) is 11.6 Å². The Morgan fingerprint density at radius 3 is 2.66 bits per heavy atom. The van der Waals surface area contributed by atoms with E-state index in [1.165, 1.54) is 0 Å². The maximum absolute atomic E-state index is 13.0. The number of nitrogens with one attached hydrogen (secondary N) is 1. The Morgan fingerprint density at radius 2 is 2.00 bits per heavy atom. The second kappa shape index (κ2) is 11.2. The van der Waals surface area contributed by atoms with Gasteiger partial charge in [0.15, 0.2) is 0 Å². The third kappa shape index (κ3) is 6.17. The van der Waals surface area contributed by atoms with Crippen LogP contribution in [0.2, 0.25) is 0 Å². The van der Waals surface area contributed by atoms with Crippen LogP contribution >= 0.6 is 11.6 Å². The highest BCUT2D eigenvalue weighted by Crippen LogP contribution is 2.30. The van der Waals surface area contributed by atoms with E-state index in [1.807, 2.05) is 44.3 Å². The van der Waals surface area contributed by atoms with Gasteiger partial charge in [-0.05, 0) is 63.4 Å². The number of fused-ring (bicyclic) bond motifs is 1. The standard InChI is InChI=1S/C31H31ClN8O/c1-30(2,34)9-8-21-15-25(28-24(17-33)19-37-40(28)20-21)23-6-7-26(36-18-23)39-13-10-31(3,11-14-39)38-29(41)27-22(16-32)5-4-12-35-27/h4-7,12,15,18-20H,10-11,13-14,16,34H2,1-3H3,(H,38,41). The molecule has 0 aliphatic carbocycles. The van der Waals surface area contributed by atoms with Crippen LogP contribution in [-0.2, 0) is 5.88 Å². The summed E-state index contributed by atoms with van der Waals surface area (Å²) in [5.41, 5.74) is 9.73. The molecule has 10 heteroatoms. The molecule has 1 aliphatic rings. The molecule has 5 heterocycles. The number of carbonyl (C=O) groups excluding carboxylic acids is 1. The molecule has 208 valence electrons. The third-order valence-electron chi connectivity index (χ3n) is 7.18. The molecular weight excluding hydrogens is 536 g/mol. The van der Waals surface area contributed by atoms with Crippen molar-refractivity contribution in [2.24, 2.45) is 5.73 Å². The number of rotatable bonds is 5. The first-order valence-electron chi connectivity index (χ1n) is 13.4. The van der Waals surface area contributed by atoms with E-state index in [2.05, 4.69) is 45.1 Å². The van der Waals surface area contributed by atoms with Crippen LogP contribution in [0.25, 0.3) is 16.6 Å². The van der Waals surface area contributed by atoms with Crippen molar-refractivity contribution >= 4 is 28.8 Å². The SMILES string of the molecule is CC(C)(N)C#Cc1cc(-c2ccc(N3CCC(C)(NC(=O)c4ncccc4CCl)CC3)nc2)c2c(C#N)cnn2c1. The Bertz CT molecular complexity index is 1690. The first-order chi connectivity index (χ1) is 19.6. The molecule has 4 aromatic heterocycles. The summed E-state index contributed by atoms with van der Waals surface area (Å²) in [6.45, 7) is 7.23. The van der Waals surface area contributed by atoms with Crippen molar-refractivity contribution in [1.29, 1.82) is 5.26 Å². The zero-order chi connectivity index (χ0) is 29.2. The van der Waals surface area contributed by atoms with Crippen LogP contribution in [0, 0.1) is 23.2 Å². The van der Waals surface area contributed by atoms with Crippen LogP contribution in [0.4, 0.5) is 5.82 Å². The molecule has 1 amide bonds. The van der Waals surface area contributed by atoms with Gasteiger partial charge in [0, 0.05) is 59.8 Å². The number of pyridine rings is 3. The van der Waals surface area contributed by atoms with E-state index in [4.69, 9.17) is 22.3 Å². The molecule has 0 radical (unpaired) electrons. The molecule has 1 fully saturated rings. The van der Waals surface area contributed by atoms with Crippen LogP contribution < -0.4 is 16.0 Å². The topological polar surface area (TPSA) is 125 Å². The number of nitriles is 1. The summed E-state index contributed by atoms with van der Waals surface area (Å²) in [6.07, 6.45) is 8.28. The predicted molar refractivity (Wildman–Crippen MR) is 159 cm³/mol. The molecule has 0 spiro atoms. The van der Waals surface area contributed by atoms with Crippen molar-refractivity contribution in [3.8, 4) is 29.0 Å². The molecule has 3 N–H and O–H groups in total. The molecule has 4 aromatic rings. The van der Waals surface area contributed by atoms with E-state index in [9.17, 15) is 10.1 Å². The van der Waals surface area contributed by atoms with Gasteiger partial charge in [0.25, 0.3) is 5.91 Å². The van der Waals surface area contributed by atoms with Gasteiger partial charge in [0.1, 0.15) is 17.6 Å². The summed E-state index contributed by atoms with van der Waals surface area (Å²) < 4.78 is 1.68. The summed E-state index contributed by atoms with van der Waals surface area (Å²) in [4.78, 5) is 24.2. The highest BCUT2D eigenvalue weighted by Gasteiger charge is 2.33. The number of piperidine rings is 1. The maximum atomic E-state index is 13.0. The molecule has 1 aliphatic heterocycles. The lowest BCUT2D eigenvalue weighted by Gasteiger charge is -2.40.